The van der Waals surface area contributed by atoms with Gasteiger partial charge in [-0.2, -0.15) is 0 Å². The van der Waals surface area contributed by atoms with Crippen LogP contribution in [0.2, 0.25) is 23.2 Å². The molecule has 0 aromatic heterocycles. The van der Waals surface area contributed by atoms with Crippen LogP contribution in [0.15, 0.2) is 48.5 Å². The first-order valence-corrected chi connectivity index (χ1v) is 14.8. The van der Waals surface area contributed by atoms with E-state index in [1.54, 1.807) is 11.0 Å². The maximum Gasteiger partial charge on any atom is 0.237 e. The van der Waals surface area contributed by atoms with E-state index in [9.17, 15) is 14.3 Å². The first-order chi connectivity index (χ1) is 15.4. The second-order valence-electron chi connectivity index (χ2n) is 9.84. The van der Waals surface area contributed by atoms with Crippen molar-refractivity contribution in [3.05, 3.63) is 70.5 Å². The molecule has 2 aromatic rings. The maximum atomic E-state index is 14.1. The van der Waals surface area contributed by atoms with E-state index in [1.165, 1.54) is 12.1 Å². The summed E-state index contributed by atoms with van der Waals surface area (Å²) in [6, 6.07) is 13.8. The zero-order valence-electron chi connectivity index (χ0n) is 19.9. The van der Waals surface area contributed by atoms with Crippen molar-refractivity contribution in [2.24, 2.45) is 5.92 Å². The van der Waals surface area contributed by atoms with Crippen LogP contribution in [0.1, 0.15) is 38.0 Å². The zero-order valence-corrected chi connectivity index (χ0v) is 22.5. The number of aliphatic hydroxyl groups is 1. The lowest BCUT2D eigenvalue weighted by Crippen LogP contribution is -2.45. The molecule has 2 atom stereocenters. The number of hydrogen-bond acceptors (Lipinski definition) is 3. The number of nitrogens with zero attached hydrogens (tertiary/aromatic N) is 1. The first kappa shape index (κ1) is 27.8. The number of alkyl halides is 1. The standard InChI is InChI=1S/C25H34Cl2FNO3Si/c1-25(2,3)33(4,5)32-17-20(24(31)19-11-12-21(27)22(28)13-19)16-29(23(30)14-26)15-18-9-7-6-8-10-18/h6-13,20,24,31H,14-17H2,1-5H3. The summed E-state index contributed by atoms with van der Waals surface area (Å²) in [5, 5.41) is 11.2. The topological polar surface area (TPSA) is 49.8 Å². The predicted molar refractivity (Wildman–Crippen MR) is 136 cm³/mol. The summed E-state index contributed by atoms with van der Waals surface area (Å²) in [5.41, 5.74) is 1.34. The average Bonchev–Trinajstić information content (AvgIpc) is 2.76. The molecule has 0 saturated heterocycles. The molecule has 0 aliphatic rings. The molecule has 1 amide bonds. The Labute approximate surface area is 207 Å². The Morgan fingerprint density at radius 1 is 1.18 bits per heavy atom. The normalized spacial score (nSPS) is 14.1. The van der Waals surface area contributed by atoms with Crippen molar-refractivity contribution in [3.63, 3.8) is 0 Å². The molecule has 0 aliphatic carbocycles. The predicted octanol–water partition coefficient (Wildman–Crippen LogP) is 6.42. The average molecular weight is 515 g/mol. The van der Waals surface area contributed by atoms with Gasteiger partial charge in [0.05, 0.1) is 11.1 Å². The van der Waals surface area contributed by atoms with E-state index in [1.807, 2.05) is 30.3 Å². The lowest BCUT2D eigenvalue weighted by molar-refractivity contribution is -0.130. The van der Waals surface area contributed by atoms with E-state index in [4.69, 9.17) is 27.6 Å². The van der Waals surface area contributed by atoms with E-state index in [2.05, 4.69) is 33.9 Å². The Hall–Kier alpha value is -1.44. The highest BCUT2D eigenvalue weighted by atomic mass is 35.5. The maximum absolute atomic E-state index is 14.1. The van der Waals surface area contributed by atoms with Gasteiger partial charge in [-0.05, 0) is 41.4 Å². The Bertz CT molecular complexity index is 922. The number of amides is 1. The van der Waals surface area contributed by atoms with Crippen molar-refractivity contribution in [2.75, 3.05) is 19.0 Å². The molecule has 0 heterocycles. The molecule has 4 nitrogen and oxygen atoms in total. The highest BCUT2D eigenvalue weighted by molar-refractivity contribution is 6.74. The van der Waals surface area contributed by atoms with E-state index < -0.39 is 26.2 Å². The minimum atomic E-state index is -2.13. The molecule has 1 N–H and O–H groups in total. The van der Waals surface area contributed by atoms with Crippen molar-refractivity contribution in [3.8, 4) is 0 Å². The van der Waals surface area contributed by atoms with Gasteiger partial charge in [0.15, 0.2) is 8.32 Å². The summed E-state index contributed by atoms with van der Waals surface area (Å²) in [6.45, 7) is 11.5. The van der Waals surface area contributed by atoms with Crippen LogP contribution in [-0.2, 0) is 15.8 Å². The summed E-state index contributed by atoms with van der Waals surface area (Å²) >= 11 is 11.7. The molecule has 2 aromatic carbocycles. The summed E-state index contributed by atoms with van der Waals surface area (Å²) in [5.74, 6) is -1.51. The fourth-order valence-electron chi connectivity index (χ4n) is 3.17. The van der Waals surface area contributed by atoms with E-state index >= 15 is 0 Å². The molecule has 0 spiro atoms. The van der Waals surface area contributed by atoms with Crippen molar-refractivity contribution in [1.29, 1.82) is 0 Å². The third-order valence-electron chi connectivity index (χ3n) is 6.33. The van der Waals surface area contributed by atoms with Crippen molar-refractivity contribution >= 4 is 37.4 Å². The number of carbonyl (C=O) groups excluding carboxylic acids is 1. The van der Waals surface area contributed by atoms with E-state index in [0.717, 1.165) is 5.56 Å². The van der Waals surface area contributed by atoms with Gasteiger partial charge in [-0.15, -0.1) is 11.6 Å². The largest absolute Gasteiger partial charge is 0.416 e. The minimum absolute atomic E-state index is 0.0111. The van der Waals surface area contributed by atoms with Gasteiger partial charge in [-0.25, -0.2) is 4.39 Å². The van der Waals surface area contributed by atoms with Crippen LogP contribution in [0.4, 0.5) is 4.39 Å². The SMILES string of the molecule is CC(C)(C)[Si](C)(C)OCC(CN(Cc1ccccc1)C(=O)CCl)C(O)c1ccc(Cl)c(F)c1. The molecule has 0 saturated carbocycles. The van der Waals surface area contributed by atoms with Crippen LogP contribution in [-0.4, -0.2) is 43.3 Å². The molecule has 0 fully saturated rings. The smallest absolute Gasteiger partial charge is 0.237 e. The molecule has 0 aliphatic heterocycles. The minimum Gasteiger partial charge on any atom is -0.416 e. The number of benzene rings is 2. The third kappa shape index (κ3) is 7.79. The van der Waals surface area contributed by atoms with Gasteiger partial charge in [-0.3, -0.25) is 4.79 Å². The molecule has 8 heteroatoms. The van der Waals surface area contributed by atoms with Crippen LogP contribution >= 0.6 is 23.2 Å². The lowest BCUT2D eigenvalue weighted by Gasteiger charge is -2.39. The van der Waals surface area contributed by atoms with Gasteiger partial charge in [0.25, 0.3) is 0 Å². The van der Waals surface area contributed by atoms with Gasteiger partial charge in [0.1, 0.15) is 11.7 Å². The third-order valence-corrected chi connectivity index (χ3v) is 11.4. The van der Waals surface area contributed by atoms with E-state index in [0.29, 0.717) is 12.1 Å². The summed E-state index contributed by atoms with van der Waals surface area (Å²) < 4.78 is 20.5. The summed E-state index contributed by atoms with van der Waals surface area (Å²) in [6.07, 6.45) is -1.05. The Kier molecular flexibility index (Phi) is 9.94. The molecule has 2 unspecified atom stereocenters. The van der Waals surface area contributed by atoms with Gasteiger partial charge in [-0.1, -0.05) is 68.8 Å². The van der Waals surface area contributed by atoms with Crippen LogP contribution in [0.3, 0.4) is 0 Å². The Morgan fingerprint density at radius 2 is 1.82 bits per heavy atom. The fourth-order valence-corrected chi connectivity index (χ4v) is 4.52. The Balaban J connectivity index is 2.33. The van der Waals surface area contributed by atoms with Gasteiger partial charge >= 0.3 is 0 Å². The fraction of sp³-hybridized carbons (Fsp3) is 0.480. The van der Waals surface area contributed by atoms with Crippen molar-refractivity contribution in [1.82, 2.24) is 4.90 Å². The molecule has 0 radical (unpaired) electrons. The lowest BCUT2D eigenvalue weighted by atomic mass is 9.95. The second-order valence-corrected chi connectivity index (χ2v) is 15.3. The van der Waals surface area contributed by atoms with Crippen LogP contribution < -0.4 is 0 Å². The van der Waals surface area contributed by atoms with Crippen molar-refractivity contribution in [2.45, 2.75) is 51.6 Å². The highest BCUT2D eigenvalue weighted by Gasteiger charge is 2.38. The quantitative estimate of drug-likeness (QED) is 0.294. The molecule has 2 rings (SSSR count). The summed E-state index contributed by atoms with van der Waals surface area (Å²) in [4.78, 5) is 14.3. The number of aliphatic hydroxyl groups excluding tert-OH is 1. The molecule has 0 bridgehead atoms. The molecular weight excluding hydrogens is 480 g/mol. The van der Waals surface area contributed by atoms with Crippen LogP contribution in [0.25, 0.3) is 0 Å². The summed E-state index contributed by atoms with van der Waals surface area (Å²) in [7, 11) is -2.13. The number of halogens is 3. The monoisotopic (exact) mass is 513 g/mol. The van der Waals surface area contributed by atoms with Crippen LogP contribution in [0.5, 0.6) is 0 Å². The second kappa shape index (κ2) is 11.8. The number of hydrogen-bond donors (Lipinski definition) is 1. The number of rotatable bonds is 10. The Morgan fingerprint density at radius 3 is 2.36 bits per heavy atom. The molecule has 182 valence electrons. The highest BCUT2D eigenvalue weighted by Crippen LogP contribution is 2.38. The van der Waals surface area contributed by atoms with Gasteiger partial charge in [0, 0.05) is 25.6 Å². The first-order valence-electron chi connectivity index (χ1n) is 11.0. The zero-order chi connectivity index (χ0) is 24.8. The number of carbonyl (C=O) groups is 1. The van der Waals surface area contributed by atoms with Crippen molar-refractivity contribution < 1.29 is 18.7 Å². The van der Waals surface area contributed by atoms with Crippen LogP contribution in [0, 0.1) is 11.7 Å². The molecular formula is C25H34Cl2FNO3Si. The van der Waals surface area contributed by atoms with Gasteiger partial charge in [0.2, 0.25) is 5.91 Å². The molecule has 33 heavy (non-hydrogen) atoms. The van der Waals surface area contributed by atoms with Gasteiger partial charge < -0.3 is 14.4 Å². The van der Waals surface area contributed by atoms with E-state index in [-0.39, 0.29) is 35.0 Å².